The summed E-state index contributed by atoms with van der Waals surface area (Å²) in [6.45, 7) is 1.63. The van der Waals surface area contributed by atoms with Crippen molar-refractivity contribution in [3.63, 3.8) is 0 Å². The number of nitrogens with zero attached hydrogens (tertiary/aromatic N) is 2. The van der Waals surface area contributed by atoms with Crippen molar-refractivity contribution in [1.82, 2.24) is 10.2 Å². The van der Waals surface area contributed by atoms with Crippen LogP contribution >= 0.6 is 11.3 Å². The minimum Gasteiger partial charge on any atom is -0.494 e. The van der Waals surface area contributed by atoms with Gasteiger partial charge in [0.25, 0.3) is 0 Å². The zero-order chi connectivity index (χ0) is 22.9. The third-order valence-electron chi connectivity index (χ3n) is 5.19. The van der Waals surface area contributed by atoms with Crippen molar-refractivity contribution in [1.29, 1.82) is 0 Å². The number of rotatable bonds is 11. The number of methoxy groups -OCH3 is 1. The van der Waals surface area contributed by atoms with Gasteiger partial charge in [0.05, 0.1) is 6.61 Å². The fraction of sp³-hybridized carbons (Fsp3) is 0.231. The first kappa shape index (κ1) is 23.1. The third kappa shape index (κ3) is 6.24. The van der Waals surface area contributed by atoms with Gasteiger partial charge in [-0.05, 0) is 41.7 Å². The number of benzene rings is 3. The van der Waals surface area contributed by atoms with Gasteiger partial charge in [-0.2, -0.15) is 0 Å². The van der Waals surface area contributed by atoms with Gasteiger partial charge in [0.15, 0.2) is 0 Å². The second-order valence-electron chi connectivity index (χ2n) is 7.53. The van der Waals surface area contributed by atoms with Crippen molar-refractivity contribution in [2.75, 3.05) is 20.3 Å². The first-order chi connectivity index (χ1) is 16.3. The Bertz CT molecular complexity index is 1130. The van der Waals surface area contributed by atoms with E-state index < -0.39 is 0 Å². The molecule has 33 heavy (non-hydrogen) atoms. The molecule has 6 nitrogen and oxygen atoms in total. The number of ether oxygens (including phenoxy) is 2. The highest BCUT2D eigenvalue weighted by Crippen LogP contribution is 2.31. The third-order valence-corrected chi connectivity index (χ3v) is 6.21. The van der Waals surface area contributed by atoms with Crippen LogP contribution < -0.4 is 4.74 Å². The average Bonchev–Trinajstić information content (AvgIpc) is 3.36. The SMILES string of the molecule is COCCCCOc1ccc(-c2ccc(-c3nnc(-c4ccc(COO)cc4)s3)cc2)cc1. The van der Waals surface area contributed by atoms with Crippen LogP contribution in [0.15, 0.2) is 72.8 Å². The molecule has 4 aromatic rings. The van der Waals surface area contributed by atoms with Crippen LogP contribution in [-0.2, 0) is 16.2 Å². The average molecular weight is 463 g/mol. The van der Waals surface area contributed by atoms with E-state index in [9.17, 15) is 0 Å². The Morgan fingerprint density at radius 3 is 1.79 bits per heavy atom. The molecule has 0 saturated heterocycles. The normalized spacial score (nSPS) is 11.0. The molecule has 0 amide bonds. The van der Waals surface area contributed by atoms with E-state index in [1.54, 1.807) is 18.4 Å². The molecule has 3 aromatic carbocycles. The minimum absolute atomic E-state index is 0.165. The van der Waals surface area contributed by atoms with Crippen LogP contribution in [0.1, 0.15) is 18.4 Å². The van der Waals surface area contributed by atoms with Gasteiger partial charge in [-0.1, -0.05) is 72.0 Å². The molecule has 0 fully saturated rings. The van der Waals surface area contributed by atoms with Crippen LogP contribution in [0, 0.1) is 0 Å². The standard InChI is InChI=1S/C26H26N2O4S/c1-30-16-2-3-17-31-24-14-12-21(13-15-24)20-8-10-23(11-9-20)26-28-27-25(33-26)22-6-4-19(5-7-22)18-32-29/h4-15,29H,2-3,16-18H2,1H3. The summed E-state index contributed by atoms with van der Waals surface area (Å²) in [6.07, 6.45) is 1.98. The number of hydrogen-bond acceptors (Lipinski definition) is 7. The summed E-state index contributed by atoms with van der Waals surface area (Å²) in [5.41, 5.74) is 5.18. The summed E-state index contributed by atoms with van der Waals surface area (Å²) >= 11 is 1.55. The molecule has 0 aliphatic rings. The van der Waals surface area contributed by atoms with E-state index >= 15 is 0 Å². The summed E-state index contributed by atoms with van der Waals surface area (Å²) in [5, 5.41) is 19.0. The van der Waals surface area contributed by atoms with Crippen LogP contribution in [0.3, 0.4) is 0 Å². The monoisotopic (exact) mass is 462 g/mol. The fourth-order valence-electron chi connectivity index (χ4n) is 3.36. The first-order valence-electron chi connectivity index (χ1n) is 10.8. The van der Waals surface area contributed by atoms with Gasteiger partial charge < -0.3 is 9.47 Å². The van der Waals surface area contributed by atoms with Crippen molar-refractivity contribution in [3.8, 4) is 38.0 Å². The largest absolute Gasteiger partial charge is 0.494 e. The summed E-state index contributed by atoms with van der Waals surface area (Å²) in [7, 11) is 1.72. The van der Waals surface area contributed by atoms with E-state index in [-0.39, 0.29) is 6.61 Å². The maximum absolute atomic E-state index is 8.57. The van der Waals surface area contributed by atoms with Gasteiger partial charge in [-0.15, -0.1) is 10.2 Å². The summed E-state index contributed by atoms with van der Waals surface area (Å²) in [6, 6.07) is 24.2. The molecule has 4 rings (SSSR count). The van der Waals surface area contributed by atoms with E-state index in [0.717, 1.165) is 63.0 Å². The van der Waals surface area contributed by atoms with E-state index in [4.69, 9.17) is 14.7 Å². The van der Waals surface area contributed by atoms with Crippen molar-refractivity contribution in [2.45, 2.75) is 19.4 Å². The lowest BCUT2D eigenvalue weighted by atomic mass is 10.0. The molecule has 0 saturated carbocycles. The zero-order valence-corrected chi connectivity index (χ0v) is 19.3. The Hall–Kier alpha value is -3.10. The van der Waals surface area contributed by atoms with Crippen molar-refractivity contribution < 1.29 is 19.6 Å². The molecule has 0 aliphatic carbocycles. The Balaban J connectivity index is 1.38. The molecule has 170 valence electrons. The van der Waals surface area contributed by atoms with Crippen molar-refractivity contribution in [3.05, 3.63) is 78.4 Å². The van der Waals surface area contributed by atoms with E-state index in [2.05, 4.69) is 51.5 Å². The van der Waals surface area contributed by atoms with E-state index in [1.165, 1.54) is 0 Å². The topological polar surface area (TPSA) is 73.7 Å². The predicted octanol–water partition coefficient (Wildman–Crippen LogP) is 6.33. The van der Waals surface area contributed by atoms with Gasteiger partial charge in [-0.25, -0.2) is 4.89 Å². The summed E-state index contributed by atoms with van der Waals surface area (Å²) in [4.78, 5) is 4.17. The van der Waals surface area contributed by atoms with Crippen LogP contribution in [0.4, 0.5) is 0 Å². The molecule has 0 unspecified atom stereocenters. The Morgan fingerprint density at radius 2 is 1.21 bits per heavy atom. The highest BCUT2D eigenvalue weighted by atomic mass is 32.1. The van der Waals surface area contributed by atoms with E-state index in [1.807, 2.05) is 36.4 Å². The van der Waals surface area contributed by atoms with Gasteiger partial charge in [0, 0.05) is 24.8 Å². The predicted molar refractivity (Wildman–Crippen MR) is 130 cm³/mol. The molecule has 1 N–H and O–H groups in total. The van der Waals surface area contributed by atoms with Crippen LogP contribution in [0.25, 0.3) is 32.3 Å². The highest BCUT2D eigenvalue weighted by molar-refractivity contribution is 7.17. The maximum Gasteiger partial charge on any atom is 0.148 e. The van der Waals surface area contributed by atoms with Gasteiger partial charge in [0.1, 0.15) is 22.4 Å². The summed E-state index contributed by atoms with van der Waals surface area (Å²) in [5.74, 6) is 0.881. The molecule has 0 bridgehead atoms. The first-order valence-corrected chi connectivity index (χ1v) is 11.6. The quantitative estimate of drug-likeness (QED) is 0.159. The smallest absolute Gasteiger partial charge is 0.148 e. The number of hydrogen-bond donors (Lipinski definition) is 1. The van der Waals surface area contributed by atoms with Crippen molar-refractivity contribution in [2.24, 2.45) is 0 Å². The molecular formula is C26H26N2O4S. The molecule has 7 heteroatoms. The zero-order valence-electron chi connectivity index (χ0n) is 18.4. The molecule has 0 radical (unpaired) electrons. The Kier molecular flexibility index (Phi) is 8.16. The second kappa shape index (κ2) is 11.7. The maximum atomic E-state index is 8.57. The highest BCUT2D eigenvalue weighted by Gasteiger charge is 2.09. The number of aromatic nitrogens is 2. The van der Waals surface area contributed by atoms with Crippen LogP contribution in [0.2, 0.25) is 0 Å². The lowest BCUT2D eigenvalue weighted by Crippen LogP contribution is -1.99. The van der Waals surface area contributed by atoms with Gasteiger partial charge >= 0.3 is 0 Å². The van der Waals surface area contributed by atoms with Gasteiger partial charge in [0.2, 0.25) is 0 Å². The Morgan fingerprint density at radius 1 is 0.697 bits per heavy atom. The minimum atomic E-state index is 0.165. The molecule has 1 heterocycles. The molecule has 0 aliphatic heterocycles. The lowest BCUT2D eigenvalue weighted by molar-refractivity contribution is -0.253. The lowest BCUT2D eigenvalue weighted by Gasteiger charge is -2.08. The number of unbranched alkanes of at least 4 members (excludes halogenated alkanes) is 1. The van der Waals surface area contributed by atoms with Crippen LogP contribution in [0.5, 0.6) is 5.75 Å². The second-order valence-corrected chi connectivity index (χ2v) is 8.51. The summed E-state index contributed by atoms with van der Waals surface area (Å²) < 4.78 is 10.8. The Labute approximate surface area is 197 Å². The molecule has 0 spiro atoms. The molecule has 0 atom stereocenters. The van der Waals surface area contributed by atoms with E-state index in [0.29, 0.717) is 6.61 Å². The molecule has 1 aromatic heterocycles. The van der Waals surface area contributed by atoms with Gasteiger partial charge in [-0.3, -0.25) is 5.26 Å². The fourth-order valence-corrected chi connectivity index (χ4v) is 4.22. The molecular weight excluding hydrogens is 436 g/mol. The van der Waals surface area contributed by atoms with Crippen LogP contribution in [-0.4, -0.2) is 35.8 Å². The van der Waals surface area contributed by atoms with Crippen molar-refractivity contribution >= 4 is 11.3 Å².